The molecule has 0 saturated carbocycles. The number of amides is 1. The number of Topliss-reactive ketones (excluding diaryl/α,β-unsaturated/α-hetero) is 1. The number of ketones is 1. The fraction of sp³-hybridized carbons (Fsp3) is 0.444. The molecule has 0 bridgehead atoms. The molecule has 196 valence electrons. The number of aliphatic hydroxyl groups is 1. The molecule has 3 heterocycles. The van der Waals surface area contributed by atoms with Crippen molar-refractivity contribution in [3.8, 4) is 0 Å². The van der Waals surface area contributed by atoms with Gasteiger partial charge in [0.25, 0.3) is 5.91 Å². The van der Waals surface area contributed by atoms with Gasteiger partial charge in [-0.25, -0.2) is 9.97 Å². The molecule has 3 aromatic rings. The summed E-state index contributed by atoms with van der Waals surface area (Å²) in [7, 11) is 1.79. The Kier molecular flexibility index (Phi) is 7.31. The van der Waals surface area contributed by atoms with Gasteiger partial charge in [-0.2, -0.15) is 5.10 Å². The summed E-state index contributed by atoms with van der Waals surface area (Å²) in [5, 5.41) is 17.6. The number of nitrogens with zero attached hydrogens (tertiary/aromatic N) is 5. The van der Waals surface area contributed by atoms with Crippen molar-refractivity contribution in [2.45, 2.75) is 58.6 Å². The lowest BCUT2D eigenvalue weighted by atomic mass is 9.84. The van der Waals surface area contributed by atoms with Crippen LogP contribution < -0.4 is 16.0 Å². The van der Waals surface area contributed by atoms with E-state index in [4.69, 9.17) is 10.7 Å². The molecule has 0 radical (unpaired) electrons. The third-order valence-corrected chi connectivity index (χ3v) is 7.06. The Labute approximate surface area is 216 Å². The summed E-state index contributed by atoms with van der Waals surface area (Å²) in [4.78, 5) is 36.3. The summed E-state index contributed by atoms with van der Waals surface area (Å²) < 4.78 is 1.64. The summed E-state index contributed by atoms with van der Waals surface area (Å²) in [6.45, 7) is 8.26. The molecule has 1 aliphatic rings. The molecule has 4 rings (SSSR count). The van der Waals surface area contributed by atoms with E-state index in [0.29, 0.717) is 23.5 Å². The van der Waals surface area contributed by atoms with Crippen molar-refractivity contribution in [1.29, 1.82) is 0 Å². The molecule has 0 aliphatic carbocycles. The number of primary amides is 1. The summed E-state index contributed by atoms with van der Waals surface area (Å²) in [5.41, 5.74) is 7.66. The van der Waals surface area contributed by atoms with E-state index in [0.717, 1.165) is 30.5 Å². The van der Waals surface area contributed by atoms with Gasteiger partial charge in [0.15, 0.2) is 17.3 Å². The first-order valence-electron chi connectivity index (χ1n) is 12.5. The van der Waals surface area contributed by atoms with E-state index in [1.807, 2.05) is 19.1 Å². The Hall–Kier alpha value is -3.79. The zero-order chi connectivity index (χ0) is 26.9. The molecule has 2 atom stereocenters. The third-order valence-electron chi connectivity index (χ3n) is 7.06. The average Bonchev–Trinajstić information content (AvgIpc) is 3.23. The summed E-state index contributed by atoms with van der Waals surface area (Å²) in [6, 6.07) is 5.55. The van der Waals surface area contributed by atoms with Crippen LogP contribution in [-0.2, 0) is 12.6 Å². The van der Waals surface area contributed by atoms with E-state index in [-0.39, 0.29) is 29.3 Å². The van der Waals surface area contributed by atoms with Crippen molar-refractivity contribution in [3.05, 3.63) is 59.2 Å². The number of carbonyl (C=O) groups excluding carboxylic acids is 2. The average molecular weight is 506 g/mol. The molecule has 1 aromatic carbocycles. The number of rotatable bonds is 8. The number of hydrogen-bond acceptors (Lipinski definition) is 8. The van der Waals surface area contributed by atoms with Gasteiger partial charge in [-0.3, -0.25) is 14.3 Å². The lowest BCUT2D eigenvalue weighted by molar-refractivity contribution is 0.0777. The highest BCUT2D eigenvalue weighted by Crippen LogP contribution is 2.32. The number of piperidine rings is 1. The molecule has 1 aliphatic heterocycles. The van der Waals surface area contributed by atoms with Crippen LogP contribution in [0.4, 0.5) is 17.3 Å². The van der Waals surface area contributed by atoms with Crippen LogP contribution in [0.25, 0.3) is 0 Å². The molecule has 4 N–H and O–H groups in total. The van der Waals surface area contributed by atoms with E-state index in [1.165, 1.54) is 0 Å². The molecular weight excluding hydrogens is 470 g/mol. The van der Waals surface area contributed by atoms with Crippen molar-refractivity contribution in [2.75, 3.05) is 16.8 Å². The minimum atomic E-state index is -0.958. The molecule has 37 heavy (non-hydrogen) atoms. The zero-order valence-electron chi connectivity index (χ0n) is 22.0. The van der Waals surface area contributed by atoms with Crippen LogP contribution in [0.15, 0.2) is 36.8 Å². The highest BCUT2D eigenvalue weighted by atomic mass is 16.3. The third kappa shape index (κ3) is 5.80. The molecule has 0 spiro atoms. The number of benzene rings is 1. The number of aryl methyl sites for hydroxylation is 2. The van der Waals surface area contributed by atoms with Gasteiger partial charge in [0.05, 0.1) is 23.7 Å². The largest absolute Gasteiger partial charge is 0.386 e. The van der Waals surface area contributed by atoms with E-state index in [9.17, 15) is 14.7 Å². The quantitative estimate of drug-likeness (QED) is 0.396. The molecule has 1 amide bonds. The number of carbonyl (C=O) groups is 2. The molecule has 10 nitrogen and oxygen atoms in total. The number of aromatic nitrogens is 4. The van der Waals surface area contributed by atoms with Crippen molar-refractivity contribution in [3.63, 3.8) is 0 Å². The number of hydrogen-bond donors (Lipinski definition) is 3. The summed E-state index contributed by atoms with van der Waals surface area (Å²) in [5.74, 6) is 0.421. The molecular formula is C27H35N7O3. The number of nitrogens with two attached hydrogens (primary N) is 1. The van der Waals surface area contributed by atoms with Gasteiger partial charge in [0.1, 0.15) is 5.82 Å². The van der Waals surface area contributed by atoms with Crippen LogP contribution in [0.3, 0.4) is 0 Å². The highest BCUT2D eigenvalue weighted by Gasteiger charge is 2.32. The summed E-state index contributed by atoms with van der Waals surface area (Å²) >= 11 is 0. The zero-order valence-corrected chi connectivity index (χ0v) is 22.0. The predicted octanol–water partition coefficient (Wildman–Crippen LogP) is 3.47. The van der Waals surface area contributed by atoms with E-state index in [2.05, 4.69) is 27.2 Å². The van der Waals surface area contributed by atoms with E-state index >= 15 is 0 Å². The lowest BCUT2D eigenvalue weighted by Crippen LogP contribution is -2.44. The van der Waals surface area contributed by atoms with Crippen LogP contribution in [0.1, 0.15) is 72.0 Å². The maximum absolute atomic E-state index is 13.2. The Morgan fingerprint density at radius 2 is 2.03 bits per heavy atom. The van der Waals surface area contributed by atoms with Crippen molar-refractivity contribution in [1.82, 2.24) is 19.7 Å². The van der Waals surface area contributed by atoms with Crippen LogP contribution in [-0.4, -0.2) is 49.1 Å². The molecule has 0 unspecified atom stereocenters. The molecule has 2 aromatic heterocycles. The first kappa shape index (κ1) is 26.3. The van der Waals surface area contributed by atoms with Crippen molar-refractivity contribution < 1.29 is 14.7 Å². The monoisotopic (exact) mass is 505 g/mol. The molecule has 1 fully saturated rings. The van der Waals surface area contributed by atoms with Crippen molar-refractivity contribution in [2.24, 2.45) is 18.7 Å². The normalized spacial score (nSPS) is 18.1. The summed E-state index contributed by atoms with van der Waals surface area (Å²) in [6.07, 6.45) is 7.20. The van der Waals surface area contributed by atoms with Gasteiger partial charge in [-0.05, 0) is 63.6 Å². The number of nitrogens with one attached hydrogen (secondary N) is 1. The Bertz CT molecular complexity index is 1310. The van der Waals surface area contributed by atoms with Crippen LogP contribution in [0.2, 0.25) is 0 Å². The minimum Gasteiger partial charge on any atom is -0.386 e. The van der Waals surface area contributed by atoms with Gasteiger partial charge < -0.3 is 21.1 Å². The second kappa shape index (κ2) is 10.3. The Balaban J connectivity index is 1.53. The van der Waals surface area contributed by atoms with Gasteiger partial charge >= 0.3 is 0 Å². The molecule has 1 saturated heterocycles. The van der Waals surface area contributed by atoms with E-state index in [1.54, 1.807) is 50.2 Å². The second-order valence-electron chi connectivity index (χ2n) is 10.4. The maximum atomic E-state index is 13.2. The maximum Gasteiger partial charge on any atom is 0.271 e. The van der Waals surface area contributed by atoms with Gasteiger partial charge in [0.2, 0.25) is 0 Å². The number of anilines is 3. The van der Waals surface area contributed by atoms with Crippen LogP contribution in [0.5, 0.6) is 0 Å². The predicted molar refractivity (Wildman–Crippen MR) is 142 cm³/mol. The van der Waals surface area contributed by atoms with Crippen molar-refractivity contribution >= 4 is 29.0 Å². The van der Waals surface area contributed by atoms with Crippen LogP contribution in [0, 0.1) is 12.8 Å². The topological polar surface area (TPSA) is 139 Å². The second-order valence-corrected chi connectivity index (χ2v) is 10.4. The van der Waals surface area contributed by atoms with Gasteiger partial charge in [0, 0.05) is 37.8 Å². The van der Waals surface area contributed by atoms with Gasteiger partial charge in [-0.15, -0.1) is 0 Å². The minimum absolute atomic E-state index is 0.0365. The fourth-order valence-corrected chi connectivity index (χ4v) is 5.11. The fourth-order valence-electron chi connectivity index (χ4n) is 5.11. The first-order valence-corrected chi connectivity index (χ1v) is 12.5. The van der Waals surface area contributed by atoms with Crippen LogP contribution >= 0.6 is 0 Å². The van der Waals surface area contributed by atoms with Gasteiger partial charge in [-0.1, -0.05) is 12.1 Å². The lowest BCUT2D eigenvalue weighted by Gasteiger charge is -2.40. The SMILES string of the molecule is Cc1cc(C(=O)C[C@@H]2CCCN(c3cnc(C(N)=O)c(Nc4cnn(C)c4)n3)[C@@H]2C)ccc1C(C)(C)O. The smallest absolute Gasteiger partial charge is 0.271 e. The Morgan fingerprint density at radius 3 is 2.65 bits per heavy atom. The highest BCUT2D eigenvalue weighted by molar-refractivity contribution is 5.97. The first-order chi connectivity index (χ1) is 17.4. The Morgan fingerprint density at radius 1 is 1.27 bits per heavy atom. The standard InChI is InChI=1S/C27H35N7O3/c1-16-11-19(8-9-21(16)27(3,4)37)22(35)12-18-7-6-10-34(17(18)2)23-14-29-24(25(28)36)26(32-23)31-20-13-30-33(5)15-20/h8-9,11,13-15,17-18,37H,6-7,10,12H2,1-5H3,(H2,28,36)(H,31,32)/t17-,18+/m1/s1. The van der Waals surface area contributed by atoms with E-state index < -0.39 is 11.5 Å². The molecule has 10 heteroatoms.